The van der Waals surface area contributed by atoms with Gasteiger partial charge >= 0.3 is 17.9 Å². The van der Waals surface area contributed by atoms with Gasteiger partial charge in [-0.3, -0.25) is 0 Å². The molecule has 6 nitrogen and oxygen atoms in total. The second-order valence-corrected chi connectivity index (χ2v) is 7.92. The first-order chi connectivity index (χ1) is 13.9. The van der Waals surface area contributed by atoms with Gasteiger partial charge in [-0.05, 0) is 43.7 Å². The fourth-order valence-electron chi connectivity index (χ4n) is 2.36. The van der Waals surface area contributed by atoms with E-state index in [2.05, 4.69) is 4.74 Å². The third-order valence-electron chi connectivity index (χ3n) is 3.94. The third kappa shape index (κ3) is 5.35. The second kappa shape index (κ2) is 9.11. The van der Waals surface area contributed by atoms with Gasteiger partial charge in [0.15, 0.2) is 0 Å². The molecule has 2 rings (SSSR count). The van der Waals surface area contributed by atoms with Crippen LogP contribution in [0, 0.1) is 12.7 Å². The summed E-state index contributed by atoms with van der Waals surface area (Å²) in [4.78, 5) is 11.8. The molecule has 11 heteroatoms. The van der Waals surface area contributed by atoms with E-state index in [1.54, 1.807) is 6.92 Å². The zero-order valence-corrected chi connectivity index (χ0v) is 16.8. The predicted molar refractivity (Wildman–Crippen MR) is 98.1 cm³/mol. The highest BCUT2D eigenvalue weighted by Gasteiger charge is 2.65. The quantitative estimate of drug-likeness (QED) is 0.379. The number of esters is 1. The SMILES string of the molecule is CCOC(=O)C(NS(=O)(=O)c1ccc(C)cc1)(OCc1ccc(F)cc1)C(F)(F)F. The molecule has 0 aliphatic heterocycles. The van der Waals surface area contributed by atoms with Crippen molar-refractivity contribution in [1.29, 1.82) is 0 Å². The van der Waals surface area contributed by atoms with E-state index in [9.17, 15) is 30.8 Å². The van der Waals surface area contributed by atoms with Gasteiger partial charge < -0.3 is 9.47 Å². The Morgan fingerprint density at radius 3 is 2.10 bits per heavy atom. The van der Waals surface area contributed by atoms with Crippen LogP contribution in [0.4, 0.5) is 17.6 Å². The van der Waals surface area contributed by atoms with Gasteiger partial charge in [0.05, 0.1) is 18.1 Å². The summed E-state index contributed by atoms with van der Waals surface area (Å²) in [6.07, 6.45) is -5.52. The number of sulfonamides is 1. The first kappa shape index (κ1) is 23.8. The number of ether oxygens (including phenoxy) is 2. The molecule has 2 aromatic rings. The van der Waals surface area contributed by atoms with Gasteiger partial charge in [0, 0.05) is 0 Å². The Morgan fingerprint density at radius 1 is 1.03 bits per heavy atom. The zero-order valence-electron chi connectivity index (χ0n) is 16.0. The molecule has 0 bridgehead atoms. The fourth-order valence-corrected chi connectivity index (χ4v) is 3.60. The number of carbonyl (C=O) groups excluding carboxylic acids is 1. The molecule has 1 atom stereocenters. The van der Waals surface area contributed by atoms with Crippen molar-refractivity contribution < 1.29 is 40.2 Å². The molecule has 0 aliphatic carbocycles. The van der Waals surface area contributed by atoms with Gasteiger partial charge in [-0.1, -0.05) is 29.8 Å². The molecule has 0 saturated heterocycles. The van der Waals surface area contributed by atoms with E-state index in [4.69, 9.17) is 4.74 Å². The number of hydrogen-bond acceptors (Lipinski definition) is 5. The summed E-state index contributed by atoms with van der Waals surface area (Å²) >= 11 is 0. The standard InChI is InChI=1S/C19H19F4NO5S/c1-3-28-17(25)18(19(21,22)23,29-12-14-6-8-15(20)9-7-14)24-30(26,27)16-10-4-13(2)5-11-16/h4-11,24H,3,12H2,1-2H3. The molecule has 30 heavy (non-hydrogen) atoms. The summed E-state index contributed by atoms with van der Waals surface area (Å²) in [7, 11) is -4.85. The Morgan fingerprint density at radius 2 is 1.60 bits per heavy atom. The van der Waals surface area contributed by atoms with Crippen molar-refractivity contribution in [2.45, 2.75) is 37.3 Å². The maximum Gasteiger partial charge on any atom is 0.443 e. The zero-order chi connectivity index (χ0) is 22.6. The van der Waals surface area contributed by atoms with Crippen molar-refractivity contribution in [2.24, 2.45) is 0 Å². The van der Waals surface area contributed by atoms with Crippen LogP contribution in [-0.2, 0) is 30.9 Å². The van der Waals surface area contributed by atoms with Crippen LogP contribution in [0.2, 0.25) is 0 Å². The van der Waals surface area contributed by atoms with E-state index in [0.717, 1.165) is 36.4 Å². The maximum absolute atomic E-state index is 14.0. The molecule has 164 valence electrons. The van der Waals surface area contributed by atoms with Crippen molar-refractivity contribution in [1.82, 2.24) is 4.72 Å². The van der Waals surface area contributed by atoms with Gasteiger partial charge in [0.1, 0.15) is 5.82 Å². The van der Waals surface area contributed by atoms with E-state index in [-0.39, 0.29) is 5.56 Å². The lowest BCUT2D eigenvalue weighted by Gasteiger charge is -2.33. The van der Waals surface area contributed by atoms with E-state index in [1.165, 1.54) is 23.8 Å². The largest absolute Gasteiger partial charge is 0.463 e. The van der Waals surface area contributed by atoms with Crippen LogP contribution in [0.25, 0.3) is 0 Å². The molecular formula is C19H19F4NO5S. The lowest BCUT2D eigenvalue weighted by molar-refractivity contribution is -0.284. The van der Waals surface area contributed by atoms with Crippen molar-refractivity contribution in [2.75, 3.05) is 6.61 Å². The van der Waals surface area contributed by atoms with Crippen molar-refractivity contribution in [3.05, 3.63) is 65.5 Å². The highest BCUT2D eigenvalue weighted by atomic mass is 32.2. The first-order valence-corrected chi connectivity index (χ1v) is 10.1. The molecule has 0 heterocycles. The minimum Gasteiger partial charge on any atom is -0.463 e. The lowest BCUT2D eigenvalue weighted by atomic mass is 10.2. The number of rotatable bonds is 8. The normalized spacial score (nSPS) is 14.2. The Labute approximate surface area is 170 Å². The van der Waals surface area contributed by atoms with Crippen LogP contribution in [0.1, 0.15) is 18.1 Å². The van der Waals surface area contributed by atoms with Crippen LogP contribution in [0.3, 0.4) is 0 Å². The van der Waals surface area contributed by atoms with E-state index >= 15 is 0 Å². The molecule has 1 unspecified atom stereocenters. The maximum atomic E-state index is 14.0. The smallest absolute Gasteiger partial charge is 0.443 e. The van der Waals surface area contributed by atoms with E-state index < -0.39 is 51.8 Å². The minimum atomic E-state index is -5.52. The number of hydrogen-bond donors (Lipinski definition) is 1. The molecule has 0 fully saturated rings. The summed E-state index contributed by atoms with van der Waals surface area (Å²) < 4.78 is 90.9. The Kier molecular flexibility index (Phi) is 7.22. The number of aryl methyl sites for hydroxylation is 1. The van der Waals surface area contributed by atoms with E-state index in [0.29, 0.717) is 5.56 Å². The Bertz CT molecular complexity index is 975. The highest BCUT2D eigenvalue weighted by molar-refractivity contribution is 7.89. The monoisotopic (exact) mass is 449 g/mol. The summed E-state index contributed by atoms with van der Waals surface area (Å²) in [5.74, 6) is -2.61. The Balaban J connectivity index is 2.48. The van der Waals surface area contributed by atoms with Gasteiger partial charge in [-0.2, -0.15) is 17.9 Å². The average molecular weight is 449 g/mol. The van der Waals surface area contributed by atoms with E-state index in [1.807, 2.05) is 0 Å². The number of benzene rings is 2. The van der Waals surface area contributed by atoms with Gasteiger partial charge in [0.25, 0.3) is 0 Å². The molecule has 0 spiro atoms. The summed E-state index contributed by atoms with van der Waals surface area (Å²) in [6.45, 7) is 1.61. The molecule has 0 aromatic heterocycles. The predicted octanol–water partition coefficient (Wildman–Crippen LogP) is 3.45. The summed E-state index contributed by atoms with van der Waals surface area (Å²) in [6, 6.07) is 9.17. The molecule has 0 amide bonds. The molecule has 2 aromatic carbocycles. The van der Waals surface area contributed by atoms with Gasteiger partial charge in [0.2, 0.25) is 10.0 Å². The number of halogens is 4. The van der Waals surface area contributed by atoms with Crippen molar-refractivity contribution in [3.8, 4) is 0 Å². The second-order valence-electron chi connectivity index (χ2n) is 6.23. The summed E-state index contributed by atoms with van der Waals surface area (Å²) in [5, 5.41) is 0. The van der Waals surface area contributed by atoms with Gasteiger partial charge in [-0.15, -0.1) is 0 Å². The fraction of sp³-hybridized carbons (Fsp3) is 0.316. The third-order valence-corrected chi connectivity index (χ3v) is 5.39. The Hall–Kier alpha value is -2.50. The highest BCUT2D eigenvalue weighted by Crippen LogP contribution is 2.35. The number of alkyl halides is 3. The van der Waals surface area contributed by atoms with Crippen molar-refractivity contribution >= 4 is 16.0 Å². The molecule has 0 aliphatic rings. The average Bonchev–Trinajstić information content (AvgIpc) is 2.66. The molecule has 0 saturated carbocycles. The van der Waals surface area contributed by atoms with Crippen LogP contribution >= 0.6 is 0 Å². The molecule has 1 N–H and O–H groups in total. The minimum absolute atomic E-state index is 0.0730. The lowest BCUT2D eigenvalue weighted by Crippen LogP contribution is -2.66. The van der Waals surface area contributed by atoms with Crippen LogP contribution in [0.5, 0.6) is 0 Å². The van der Waals surface area contributed by atoms with Crippen LogP contribution < -0.4 is 4.72 Å². The number of carbonyl (C=O) groups is 1. The van der Waals surface area contributed by atoms with Crippen LogP contribution in [-0.4, -0.2) is 32.9 Å². The number of nitrogens with one attached hydrogen (secondary N) is 1. The topological polar surface area (TPSA) is 81.7 Å². The summed E-state index contributed by atoms with van der Waals surface area (Å²) in [5.41, 5.74) is -3.26. The van der Waals surface area contributed by atoms with Crippen molar-refractivity contribution in [3.63, 3.8) is 0 Å². The first-order valence-electron chi connectivity index (χ1n) is 8.64. The molecular weight excluding hydrogens is 430 g/mol. The molecule has 0 radical (unpaired) electrons. The van der Waals surface area contributed by atoms with Crippen LogP contribution in [0.15, 0.2) is 53.4 Å². The van der Waals surface area contributed by atoms with Gasteiger partial charge in [-0.25, -0.2) is 17.6 Å².